The van der Waals surface area contributed by atoms with Crippen LogP contribution in [0.5, 0.6) is 11.8 Å². The van der Waals surface area contributed by atoms with Gasteiger partial charge in [-0.15, -0.1) is 5.10 Å². The van der Waals surface area contributed by atoms with Crippen LogP contribution >= 0.6 is 0 Å². The van der Waals surface area contributed by atoms with E-state index in [0.29, 0.717) is 17.8 Å². The average Bonchev–Trinajstić information content (AvgIpc) is 3.12. The van der Waals surface area contributed by atoms with Gasteiger partial charge in [-0.1, -0.05) is 0 Å². The first-order valence-corrected chi connectivity index (χ1v) is 10.0. The molecule has 0 amide bonds. The summed E-state index contributed by atoms with van der Waals surface area (Å²) < 4.78 is 48.6. The van der Waals surface area contributed by atoms with E-state index in [4.69, 9.17) is 4.74 Å². The van der Waals surface area contributed by atoms with Gasteiger partial charge in [-0.05, 0) is 69.8 Å². The Morgan fingerprint density at radius 2 is 1.93 bits per heavy atom. The fourth-order valence-electron chi connectivity index (χ4n) is 4.20. The molecule has 29 heavy (non-hydrogen) atoms. The first kappa shape index (κ1) is 20.0. The summed E-state index contributed by atoms with van der Waals surface area (Å²) in [5.74, 6) is -2.68. The van der Waals surface area contributed by atoms with Crippen LogP contribution in [0.15, 0.2) is 18.2 Å². The molecule has 1 saturated heterocycles. The summed E-state index contributed by atoms with van der Waals surface area (Å²) >= 11 is 0. The molecule has 9 heteroatoms. The second-order valence-corrected chi connectivity index (χ2v) is 8.32. The van der Waals surface area contributed by atoms with Crippen molar-refractivity contribution in [2.75, 3.05) is 18.4 Å². The van der Waals surface area contributed by atoms with Crippen molar-refractivity contribution in [3.63, 3.8) is 0 Å². The lowest BCUT2D eigenvalue weighted by atomic mass is 9.94. The minimum Gasteiger partial charge on any atom is -0.421 e. The van der Waals surface area contributed by atoms with E-state index < -0.39 is 11.7 Å². The molecule has 1 aromatic carbocycles. The largest absolute Gasteiger partial charge is 0.421 e. The molecular weight excluding hydrogens is 383 g/mol. The zero-order valence-corrected chi connectivity index (χ0v) is 16.8. The molecule has 0 unspecified atom stereocenters. The van der Waals surface area contributed by atoms with Crippen LogP contribution in [0.25, 0.3) is 0 Å². The highest BCUT2D eigenvalue weighted by molar-refractivity contribution is 5.36. The van der Waals surface area contributed by atoms with Gasteiger partial charge in [0.1, 0.15) is 0 Å². The number of piperidine rings is 1. The van der Waals surface area contributed by atoms with Crippen molar-refractivity contribution in [3.05, 3.63) is 29.6 Å². The first-order chi connectivity index (χ1) is 13.7. The number of ether oxygens (including phenoxy) is 1. The number of hydrogen-bond donors (Lipinski definition) is 2. The standard InChI is InChI=1S/C20H26F3N5O/c1-11(2)28-19(29-16-8-14(20(3,22)23)6-7-15(16)21)26-18(27-28)25-17-12-4-5-13(17)10-24-9-12/h6-8,11-13,17,24H,4-5,9-10H2,1-3H3,(H,25,27)/t12-,13+,17-. The Morgan fingerprint density at radius 3 is 2.55 bits per heavy atom. The second-order valence-electron chi connectivity index (χ2n) is 8.32. The molecule has 158 valence electrons. The maximum atomic E-state index is 14.2. The van der Waals surface area contributed by atoms with Gasteiger partial charge in [-0.25, -0.2) is 17.9 Å². The van der Waals surface area contributed by atoms with E-state index in [2.05, 4.69) is 20.7 Å². The van der Waals surface area contributed by atoms with Gasteiger partial charge in [0.15, 0.2) is 11.6 Å². The third kappa shape index (κ3) is 4.05. The molecule has 0 spiro atoms. The maximum absolute atomic E-state index is 14.2. The molecule has 1 saturated carbocycles. The molecular formula is C20H26F3N5O. The molecule has 0 radical (unpaired) electrons. The molecule has 2 heterocycles. The van der Waals surface area contributed by atoms with Crippen LogP contribution in [-0.2, 0) is 5.92 Å². The molecule has 2 fully saturated rings. The molecule has 3 atom stereocenters. The number of nitrogens with zero attached hydrogens (tertiary/aromatic N) is 3. The normalized spacial score (nSPS) is 24.2. The molecule has 6 nitrogen and oxygen atoms in total. The monoisotopic (exact) mass is 409 g/mol. The fraction of sp³-hybridized carbons (Fsp3) is 0.600. The van der Waals surface area contributed by atoms with Crippen molar-refractivity contribution in [2.24, 2.45) is 11.8 Å². The van der Waals surface area contributed by atoms with Gasteiger partial charge in [-0.2, -0.15) is 4.98 Å². The van der Waals surface area contributed by atoms with Gasteiger partial charge in [0.2, 0.25) is 5.95 Å². The van der Waals surface area contributed by atoms with E-state index >= 15 is 0 Å². The lowest BCUT2D eigenvalue weighted by Crippen LogP contribution is -2.45. The van der Waals surface area contributed by atoms with Crippen LogP contribution < -0.4 is 15.4 Å². The molecule has 1 aliphatic heterocycles. The lowest BCUT2D eigenvalue weighted by molar-refractivity contribution is 0.0172. The summed E-state index contributed by atoms with van der Waals surface area (Å²) in [5.41, 5.74) is -0.325. The van der Waals surface area contributed by atoms with Gasteiger partial charge in [0.25, 0.3) is 5.92 Å². The van der Waals surface area contributed by atoms with Crippen molar-refractivity contribution in [2.45, 2.75) is 51.6 Å². The highest BCUT2D eigenvalue weighted by Crippen LogP contribution is 2.36. The molecule has 2 aromatic rings. The zero-order chi connectivity index (χ0) is 20.8. The number of aromatic nitrogens is 3. The van der Waals surface area contributed by atoms with E-state index in [1.54, 1.807) is 0 Å². The quantitative estimate of drug-likeness (QED) is 0.744. The zero-order valence-electron chi connectivity index (χ0n) is 16.8. The summed E-state index contributed by atoms with van der Waals surface area (Å²) in [6.07, 6.45) is 2.32. The van der Waals surface area contributed by atoms with E-state index in [1.807, 2.05) is 13.8 Å². The number of halogens is 3. The second kappa shape index (κ2) is 7.51. The van der Waals surface area contributed by atoms with Crippen molar-refractivity contribution in [1.29, 1.82) is 0 Å². The molecule has 2 bridgehead atoms. The average molecular weight is 409 g/mol. The Bertz CT molecular complexity index is 863. The topological polar surface area (TPSA) is 64.0 Å². The predicted octanol–water partition coefficient (Wildman–Crippen LogP) is 4.31. The fourth-order valence-corrected chi connectivity index (χ4v) is 4.20. The third-order valence-electron chi connectivity index (χ3n) is 5.76. The predicted molar refractivity (Wildman–Crippen MR) is 103 cm³/mol. The van der Waals surface area contributed by atoms with E-state index in [0.717, 1.165) is 51.1 Å². The van der Waals surface area contributed by atoms with Crippen molar-refractivity contribution >= 4 is 5.95 Å². The first-order valence-electron chi connectivity index (χ1n) is 10.0. The molecule has 2 aliphatic rings. The van der Waals surface area contributed by atoms with Crippen LogP contribution in [0, 0.1) is 17.7 Å². The summed E-state index contributed by atoms with van der Waals surface area (Å²) in [6, 6.07) is 3.29. The van der Waals surface area contributed by atoms with Crippen LogP contribution in [0.4, 0.5) is 19.1 Å². The minimum atomic E-state index is -3.10. The van der Waals surface area contributed by atoms with Gasteiger partial charge in [0.05, 0.1) is 6.04 Å². The summed E-state index contributed by atoms with van der Waals surface area (Å²) in [5, 5.41) is 11.3. The summed E-state index contributed by atoms with van der Waals surface area (Å²) in [4.78, 5) is 4.39. The summed E-state index contributed by atoms with van der Waals surface area (Å²) in [6.45, 7) is 6.48. The number of rotatable bonds is 6. The third-order valence-corrected chi connectivity index (χ3v) is 5.76. The van der Waals surface area contributed by atoms with Crippen LogP contribution in [0.2, 0.25) is 0 Å². The summed E-state index contributed by atoms with van der Waals surface area (Å²) in [7, 11) is 0. The SMILES string of the molecule is CC(C)n1nc(N[C@@H]2[C@@H]3CC[C@H]2CNC3)nc1Oc1cc(C(C)(F)F)ccc1F. The van der Waals surface area contributed by atoms with Crippen LogP contribution in [-0.4, -0.2) is 33.9 Å². The smallest absolute Gasteiger partial charge is 0.322 e. The van der Waals surface area contributed by atoms with E-state index in [-0.39, 0.29) is 29.4 Å². The van der Waals surface area contributed by atoms with Gasteiger partial charge in [-0.3, -0.25) is 0 Å². The molecule has 1 aliphatic carbocycles. The Morgan fingerprint density at radius 1 is 1.24 bits per heavy atom. The number of hydrogen-bond acceptors (Lipinski definition) is 5. The van der Waals surface area contributed by atoms with Crippen LogP contribution in [0.1, 0.15) is 45.2 Å². The van der Waals surface area contributed by atoms with Gasteiger partial charge < -0.3 is 15.4 Å². The number of fused-ring (bicyclic) bond motifs is 2. The molecule has 4 rings (SSSR count). The van der Waals surface area contributed by atoms with Crippen molar-refractivity contribution in [1.82, 2.24) is 20.1 Å². The van der Waals surface area contributed by atoms with Crippen molar-refractivity contribution in [3.8, 4) is 11.8 Å². The minimum absolute atomic E-state index is 0.0688. The van der Waals surface area contributed by atoms with E-state index in [1.165, 1.54) is 4.68 Å². The Labute approximate surface area is 167 Å². The van der Waals surface area contributed by atoms with Crippen LogP contribution in [0.3, 0.4) is 0 Å². The Balaban J connectivity index is 1.59. The number of anilines is 1. The Kier molecular flexibility index (Phi) is 5.18. The van der Waals surface area contributed by atoms with Gasteiger partial charge in [0, 0.05) is 18.5 Å². The number of alkyl halides is 2. The number of nitrogens with one attached hydrogen (secondary N) is 2. The maximum Gasteiger partial charge on any atom is 0.322 e. The Hall–Kier alpha value is -2.29. The molecule has 2 N–H and O–H groups in total. The van der Waals surface area contributed by atoms with E-state index in [9.17, 15) is 13.2 Å². The number of benzene rings is 1. The highest BCUT2D eigenvalue weighted by Gasteiger charge is 2.39. The molecule has 1 aromatic heterocycles. The lowest BCUT2D eigenvalue weighted by Gasteiger charge is -2.30. The van der Waals surface area contributed by atoms with Gasteiger partial charge >= 0.3 is 6.01 Å². The van der Waals surface area contributed by atoms with Crippen molar-refractivity contribution < 1.29 is 17.9 Å². The highest BCUT2D eigenvalue weighted by atomic mass is 19.3.